The summed E-state index contributed by atoms with van der Waals surface area (Å²) < 4.78 is 5.66. The van der Waals surface area contributed by atoms with Gasteiger partial charge in [-0.25, -0.2) is 21.5 Å². The fraction of sp³-hybridized carbons (Fsp3) is 0.263. The second kappa shape index (κ2) is 9.56. The molecule has 2 amide bonds. The summed E-state index contributed by atoms with van der Waals surface area (Å²) in [6, 6.07) is 14.6. The van der Waals surface area contributed by atoms with Crippen LogP contribution < -0.4 is 16.7 Å². The van der Waals surface area contributed by atoms with Crippen LogP contribution in [0.25, 0.3) is 0 Å². The van der Waals surface area contributed by atoms with Gasteiger partial charge in [-0.05, 0) is 24.1 Å². The molecule has 0 saturated heterocycles. The third-order valence-corrected chi connectivity index (χ3v) is 3.85. The SMILES string of the molecule is CC(=NOCc1ccccc1)OCc1c(C)cccc1N(N)C(=O)N(C)N. The molecule has 4 N–H and O–H groups in total. The van der Waals surface area contributed by atoms with Gasteiger partial charge in [-0.15, -0.1) is 0 Å². The number of ether oxygens (including phenoxy) is 1. The number of oxime groups is 1. The minimum Gasteiger partial charge on any atom is -0.474 e. The van der Waals surface area contributed by atoms with Crippen molar-refractivity contribution >= 4 is 17.6 Å². The summed E-state index contributed by atoms with van der Waals surface area (Å²) in [7, 11) is 1.43. The van der Waals surface area contributed by atoms with Crippen molar-refractivity contribution < 1.29 is 14.4 Å². The predicted octanol–water partition coefficient (Wildman–Crippen LogP) is 2.67. The van der Waals surface area contributed by atoms with Gasteiger partial charge in [-0.3, -0.25) is 5.01 Å². The molecule has 0 heterocycles. The first kappa shape index (κ1) is 20.2. The number of anilines is 1. The highest BCUT2D eigenvalue weighted by atomic mass is 16.6. The van der Waals surface area contributed by atoms with E-state index >= 15 is 0 Å². The largest absolute Gasteiger partial charge is 0.474 e. The molecule has 8 heteroatoms. The van der Waals surface area contributed by atoms with E-state index < -0.39 is 6.03 Å². The normalized spacial score (nSPS) is 11.1. The first-order valence-corrected chi connectivity index (χ1v) is 8.39. The van der Waals surface area contributed by atoms with Crippen molar-refractivity contribution in [2.75, 3.05) is 12.1 Å². The molecule has 0 fully saturated rings. The maximum absolute atomic E-state index is 12.0. The van der Waals surface area contributed by atoms with E-state index in [2.05, 4.69) is 5.16 Å². The van der Waals surface area contributed by atoms with Crippen molar-refractivity contribution in [3.8, 4) is 0 Å². The molecule has 2 aromatic carbocycles. The standard InChI is InChI=1S/C19H25N5O3/c1-14-8-7-11-18(24(21)19(25)23(3)20)17(14)13-26-15(2)22-27-12-16-9-5-4-6-10-16/h4-11H,12-13,20-21H2,1-3H3. The Morgan fingerprint density at radius 1 is 1.07 bits per heavy atom. The number of nitrogens with two attached hydrogens (primary N) is 2. The van der Waals surface area contributed by atoms with Crippen LogP contribution in [-0.2, 0) is 22.8 Å². The van der Waals surface area contributed by atoms with Crippen molar-refractivity contribution in [3.05, 3.63) is 65.2 Å². The van der Waals surface area contributed by atoms with Crippen LogP contribution in [0.2, 0.25) is 0 Å². The van der Waals surface area contributed by atoms with Gasteiger partial charge in [0, 0.05) is 19.5 Å². The maximum Gasteiger partial charge on any atom is 0.352 e. The van der Waals surface area contributed by atoms with Crippen molar-refractivity contribution in [3.63, 3.8) is 0 Å². The first-order valence-electron chi connectivity index (χ1n) is 8.39. The molecule has 2 rings (SSSR count). The Morgan fingerprint density at radius 2 is 1.78 bits per heavy atom. The van der Waals surface area contributed by atoms with E-state index in [1.54, 1.807) is 13.0 Å². The summed E-state index contributed by atoms with van der Waals surface area (Å²) >= 11 is 0. The van der Waals surface area contributed by atoms with Crippen molar-refractivity contribution in [1.29, 1.82) is 0 Å². The van der Waals surface area contributed by atoms with E-state index in [0.29, 0.717) is 18.2 Å². The van der Waals surface area contributed by atoms with Gasteiger partial charge in [0.05, 0.1) is 5.69 Å². The van der Waals surface area contributed by atoms with Gasteiger partial charge < -0.3 is 9.57 Å². The molecular weight excluding hydrogens is 346 g/mol. The predicted molar refractivity (Wildman–Crippen MR) is 104 cm³/mol. The lowest BCUT2D eigenvalue weighted by Crippen LogP contribution is -2.49. The average Bonchev–Trinajstić information content (AvgIpc) is 2.66. The molecule has 27 heavy (non-hydrogen) atoms. The highest BCUT2D eigenvalue weighted by molar-refractivity contribution is 5.91. The Hall–Kier alpha value is -3.10. The Bertz CT molecular complexity index is 793. The number of hydrogen-bond acceptors (Lipinski definition) is 6. The number of benzene rings is 2. The molecular formula is C19H25N5O3. The van der Waals surface area contributed by atoms with Crippen LogP contribution in [0.3, 0.4) is 0 Å². The number of aryl methyl sites for hydroxylation is 1. The van der Waals surface area contributed by atoms with E-state index in [0.717, 1.165) is 26.7 Å². The van der Waals surface area contributed by atoms with Crippen LogP contribution in [-0.4, -0.2) is 24.0 Å². The van der Waals surface area contributed by atoms with Gasteiger partial charge in [-0.1, -0.05) is 47.6 Å². The van der Waals surface area contributed by atoms with Gasteiger partial charge in [0.2, 0.25) is 5.90 Å². The van der Waals surface area contributed by atoms with E-state index in [-0.39, 0.29) is 6.61 Å². The topological polar surface area (TPSA) is 106 Å². The first-order chi connectivity index (χ1) is 12.9. The molecule has 0 radical (unpaired) electrons. The van der Waals surface area contributed by atoms with Crippen LogP contribution >= 0.6 is 0 Å². The van der Waals surface area contributed by atoms with Crippen molar-refractivity contribution in [2.45, 2.75) is 27.1 Å². The molecule has 0 aliphatic rings. The zero-order valence-electron chi connectivity index (χ0n) is 15.8. The smallest absolute Gasteiger partial charge is 0.352 e. The van der Waals surface area contributed by atoms with Gasteiger partial charge in [0.15, 0.2) is 0 Å². The number of carbonyl (C=O) groups is 1. The fourth-order valence-corrected chi connectivity index (χ4v) is 2.35. The average molecular weight is 371 g/mol. The summed E-state index contributed by atoms with van der Waals surface area (Å²) in [6.45, 7) is 4.14. The number of amides is 2. The molecule has 0 aliphatic carbocycles. The molecule has 0 saturated carbocycles. The zero-order chi connectivity index (χ0) is 19.8. The molecule has 0 spiro atoms. The third-order valence-electron chi connectivity index (χ3n) is 3.85. The number of urea groups is 1. The van der Waals surface area contributed by atoms with Crippen LogP contribution in [0.1, 0.15) is 23.6 Å². The summed E-state index contributed by atoms with van der Waals surface area (Å²) in [5.41, 5.74) is 3.20. The monoisotopic (exact) mass is 371 g/mol. The lowest BCUT2D eigenvalue weighted by Gasteiger charge is -2.24. The number of hydrogen-bond donors (Lipinski definition) is 2. The Morgan fingerprint density at radius 3 is 2.44 bits per heavy atom. The Balaban J connectivity index is 2.02. The van der Waals surface area contributed by atoms with Crippen LogP contribution in [0.15, 0.2) is 53.7 Å². The lowest BCUT2D eigenvalue weighted by molar-refractivity contribution is 0.117. The molecule has 2 aromatic rings. The van der Waals surface area contributed by atoms with Gasteiger partial charge >= 0.3 is 6.03 Å². The van der Waals surface area contributed by atoms with Crippen LogP contribution in [0.4, 0.5) is 10.5 Å². The number of hydrazine groups is 2. The highest BCUT2D eigenvalue weighted by Gasteiger charge is 2.19. The van der Waals surface area contributed by atoms with E-state index in [9.17, 15) is 4.79 Å². The number of carbonyl (C=O) groups excluding carboxylic acids is 1. The maximum atomic E-state index is 12.0. The molecule has 0 bridgehead atoms. The molecule has 0 aromatic heterocycles. The Labute approximate surface area is 158 Å². The van der Waals surface area contributed by atoms with E-state index in [1.165, 1.54) is 7.05 Å². The van der Waals surface area contributed by atoms with Crippen LogP contribution in [0, 0.1) is 6.92 Å². The van der Waals surface area contributed by atoms with E-state index in [1.807, 2.05) is 49.4 Å². The molecule has 0 aliphatic heterocycles. The summed E-state index contributed by atoms with van der Waals surface area (Å²) in [5, 5.41) is 5.86. The molecule has 0 atom stereocenters. The number of rotatable bonds is 6. The third kappa shape index (κ3) is 5.70. The number of nitrogens with zero attached hydrogens (tertiary/aromatic N) is 3. The second-order valence-electron chi connectivity index (χ2n) is 5.99. The van der Waals surface area contributed by atoms with E-state index in [4.69, 9.17) is 21.3 Å². The quantitative estimate of drug-likeness (QED) is 0.267. The Kier molecular flexibility index (Phi) is 7.16. The minimum atomic E-state index is -0.543. The second-order valence-corrected chi connectivity index (χ2v) is 5.99. The highest BCUT2D eigenvalue weighted by Crippen LogP contribution is 2.23. The van der Waals surface area contributed by atoms with Crippen molar-refractivity contribution in [2.24, 2.45) is 16.8 Å². The summed E-state index contributed by atoms with van der Waals surface area (Å²) in [4.78, 5) is 17.3. The molecule has 0 unspecified atom stereocenters. The van der Waals surface area contributed by atoms with Gasteiger partial charge in [0.1, 0.15) is 13.2 Å². The molecule has 8 nitrogen and oxygen atoms in total. The molecule has 144 valence electrons. The fourth-order valence-electron chi connectivity index (χ4n) is 2.35. The van der Waals surface area contributed by atoms with Gasteiger partial charge in [0.25, 0.3) is 0 Å². The summed E-state index contributed by atoms with van der Waals surface area (Å²) in [6.07, 6.45) is 0. The zero-order valence-corrected chi connectivity index (χ0v) is 15.8. The van der Waals surface area contributed by atoms with Crippen molar-refractivity contribution in [1.82, 2.24) is 5.01 Å². The lowest BCUT2D eigenvalue weighted by atomic mass is 10.1. The minimum absolute atomic E-state index is 0.182. The van der Waals surface area contributed by atoms with Gasteiger partial charge in [-0.2, -0.15) is 0 Å². The summed E-state index contributed by atoms with van der Waals surface area (Å²) in [5.74, 6) is 11.8. The van der Waals surface area contributed by atoms with Crippen LogP contribution in [0.5, 0.6) is 0 Å².